The van der Waals surface area contributed by atoms with Crippen molar-refractivity contribution in [1.82, 2.24) is 9.78 Å². The molecule has 0 bridgehead atoms. The molecule has 138 valence electrons. The minimum absolute atomic E-state index is 0.00640. The molecule has 1 aromatic heterocycles. The predicted octanol–water partition coefficient (Wildman–Crippen LogP) is 4.10. The number of aryl methyl sites for hydroxylation is 2. The fourth-order valence-electron chi connectivity index (χ4n) is 2.98. The van der Waals surface area contributed by atoms with Gasteiger partial charge in [-0.2, -0.15) is 5.10 Å². The van der Waals surface area contributed by atoms with Crippen molar-refractivity contribution >= 4 is 17.3 Å². The number of carbonyl (C=O) groups excluding carboxylic acids is 1. The number of nitrogens with one attached hydrogen (secondary N) is 1. The molecule has 7 heteroatoms. The van der Waals surface area contributed by atoms with Gasteiger partial charge in [0.1, 0.15) is 11.4 Å². The van der Waals surface area contributed by atoms with Gasteiger partial charge in [0, 0.05) is 12.1 Å². The molecule has 0 atom stereocenters. The Kier molecular flexibility index (Phi) is 5.30. The van der Waals surface area contributed by atoms with Crippen molar-refractivity contribution in [3.63, 3.8) is 0 Å². The second-order valence-electron chi connectivity index (χ2n) is 6.24. The average Bonchev–Trinajstić information content (AvgIpc) is 2.95. The number of hydrogen-bond acceptors (Lipinski definition) is 4. The highest BCUT2D eigenvalue weighted by atomic mass is 16.6. The molecule has 0 saturated heterocycles. The van der Waals surface area contributed by atoms with Crippen molar-refractivity contribution in [2.75, 3.05) is 5.32 Å². The zero-order valence-electron chi connectivity index (χ0n) is 15.2. The van der Waals surface area contributed by atoms with Crippen LogP contribution in [0.15, 0.2) is 54.6 Å². The number of rotatable bonds is 6. The molecule has 2 aromatic carbocycles. The Bertz CT molecular complexity index is 963. The fourth-order valence-corrected chi connectivity index (χ4v) is 2.98. The van der Waals surface area contributed by atoms with E-state index < -0.39 is 4.92 Å². The van der Waals surface area contributed by atoms with Gasteiger partial charge in [0.2, 0.25) is 5.91 Å². The predicted molar refractivity (Wildman–Crippen MR) is 103 cm³/mol. The number of anilines is 1. The molecule has 3 rings (SSSR count). The first-order chi connectivity index (χ1) is 13.0. The average molecular weight is 364 g/mol. The summed E-state index contributed by atoms with van der Waals surface area (Å²) in [6.07, 6.45) is 0.180. The van der Waals surface area contributed by atoms with E-state index in [1.807, 2.05) is 54.6 Å². The number of hydrogen-bond donors (Lipinski definition) is 1. The normalized spacial score (nSPS) is 10.6. The summed E-state index contributed by atoms with van der Waals surface area (Å²) >= 11 is 0. The largest absolute Gasteiger partial charge is 0.326 e. The van der Waals surface area contributed by atoms with Crippen LogP contribution in [-0.2, 0) is 11.3 Å². The highest BCUT2D eigenvalue weighted by molar-refractivity contribution is 5.90. The van der Waals surface area contributed by atoms with Crippen molar-refractivity contribution in [2.45, 2.75) is 26.8 Å². The van der Waals surface area contributed by atoms with Crippen LogP contribution >= 0.6 is 0 Å². The van der Waals surface area contributed by atoms with Crippen LogP contribution in [0.4, 0.5) is 11.4 Å². The van der Waals surface area contributed by atoms with E-state index in [-0.39, 0.29) is 24.6 Å². The number of amides is 1. The monoisotopic (exact) mass is 364 g/mol. The van der Waals surface area contributed by atoms with Gasteiger partial charge in [-0.25, -0.2) is 0 Å². The van der Waals surface area contributed by atoms with E-state index in [9.17, 15) is 14.9 Å². The maximum atomic E-state index is 12.2. The standard InChI is InChI=1S/C20H20N4O3/c1-14-20(24(26)27)15(2)23(22-14)13-12-19(25)21-18-10-8-17(9-11-18)16-6-4-3-5-7-16/h3-11H,12-13H2,1-2H3,(H,21,25). The summed E-state index contributed by atoms with van der Waals surface area (Å²) in [5, 5.41) is 18.0. The smallest absolute Gasteiger partial charge is 0.312 e. The van der Waals surface area contributed by atoms with Crippen LogP contribution < -0.4 is 5.32 Å². The Morgan fingerprint density at radius 3 is 2.30 bits per heavy atom. The molecule has 0 aliphatic rings. The summed E-state index contributed by atoms with van der Waals surface area (Å²) in [7, 11) is 0. The highest BCUT2D eigenvalue weighted by Gasteiger charge is 2.21. The van der Waals surface area contributed by atoms with Crippen LogP contribution in [0.5, 0.6) is 0 Å². The Morgan fingerprint density at radius 1 is 1.07 bits per heavy atom. The van der Waals surface area contributed by atoms with E-state index in [0.717, 1.165) is 11.1 Å². The third-order valence-electron chi connectivity index (χ3n) is 4.35. The van der Waals surface area contributed by atoms with Crippen molar-refractivity contribution in [1.29, 1.82) is 0 Å². The van der Waals surface area contributed by atoms with Gasteiger partial charge in [0.15, 0.2) is 0 Å². The molecule has 1 amide bonds. The van der Waals surface area contributed by atoms with Gasteiger partial charge in [-0.1, -0.05) is 42.5 Å². The second-order valence-corrected chi connectivity index (χ2v) is 6.24. The molecule has 3 aromatic rings. The molecule has 0 unspecified atom stereocenters. The van der Waals surface area contributed by atoms with Gasteiger partial charge in [-0.05, 0) is 37.1 Å². The molecule has 7 nitrogen and oxygen atoms in total. The molecule has 0 spiro atoms. The van der Waals surface area contributed by atoms with Crippen LogP contribution in [0.25, 0.3) is 11.1 Å². The first-order valence-corrected chi connectivity index (χ1v) is 8.59. The minimum Gasteiger partial charge on any atom is -0.326 e. The second kappa shape index (κ2) is 7.82. The van der Waals surface area contributed by atoms with Crippen molar-refractivity contribution in [3.05, 3.63) is 76.1 Å². The summed E-state index contributed by atoms with van der Waals surface area (Å²) in [6.45, 7) is 3.52. The molecule has 27 heavy (non-hydrogen) atoms. The molecule has 0 radical (unpaired) electrons. The van der Waals surface area contributed by atoms with Crippen LogP contribution in [0.3, 0.4) is 0 Å². The third-order valence-corrected chi connectivity index (χ3v) is 4.35. The highest BCUT2D eigenvalue weighted by Crippen LogP contribution is 2.23. The topological polar surface area (TPSA) is 90.1 Å². The fraction of sp³-hybridized carbons (Fsp3) is 0.200. The lowest BCUT2D eigenvalue weighted by molar-refractivity contribution is -0.386. The lowest BCUT2D eigenvalue weighted by Crippen LogP contribution is -2.15. The Hall–Kier alpha value is -3.48. The van der Waals surface area contributed by atoms with Crippen LogP contribution in [0.1, 0.15) is 17.8 Å². The van der Waals surface area contributed by atoms with Crippen LogP contribution in [-0.4, -0.2) is 20.6 Å². The summed E-state index contributed by atoms with van der Waals surface area (Å²) < 4.78 is 1.51. The summed E-state index contributed by atoms with van der Waals surface area (Å²) in [5.41, 5.74) is 3.71. The van der Waals surface area contributed by atoms with E-state index in [0.29, 0.717) is 17.1 Å². The van der Waals surface area contributed by atoms with E-state index >= 15 is 0 Å². The number of aromatic nitrogens is 2. The number of benzene rings is 2. The van der Waals surface area contributed by atoms with E-state index in [1.54, 1.807) is 13.8 Å². The number of nitro groups is 1. The lowest BCUT2D eigenvalue weighted by Gasteiger charge is -2.08. The quantitative estimate of drug-likeness (QED) is 0.526. The molecule has 0 saturated carbocycles. The zero-order valence-corrected chi connectivity index (χ0v) is 15.2. The summed E-state index contributed by atoms with van der Waals surface area (Å²) in [6, 6.07) is 17.6. The number of carbonyl (C=O) groups is 1. The molecule has 0 fully saturated rings. The first kappa shape index (κ1) is 18.3. The van der Waals surface area contributed by atoms with Gasteiger partial charge < -0.3 is 5.32 Å². The Labute approximate surface area is 156 Å². The molecule has 0 aliphatic carbocycles. The summed E-state index contributed by atoms with van der Waals surface area (Å²) in [4.78, 5) is 22.8. The maximum Gasteiger partial charge on any atom is 0.312 e. The van der Waals surface area contributed by atoms with Crippen molar-refractivity contribution < 1.29 is 9.72 Å². The SMILES string of the molecule is Cc1nn(CCC(=O)Nc2ccc(-c3ccccc3)cc2)c(C)c1[N+](=O)[O-]. The first-order valence-electron chi connectivity index (χ1n) is 8.59. The van der Waals surface area contributed by atoms with Gasteiger partial charge in [0.25, 0.3) is 0 Å². The Morgan fingerprint density at radius 2 is 1.70 bits per heavy atom. The van der Waals surface area contributed by atoms with E-state index in [2.05, 4.69) is 10.4 Å². The molecular weight excluding hydrogens is 344 g/mol. The third kappa shape index (κ3) is 4.20. The Balaban J connectivity index is 1.60. The maximum absolute atomic E-state index is 12.2. The van der Waals surface area contributed by atoms with Crippen LogP contribution in [0.2, 0.25) is 0 Å². The van der Waals surface area contributed by atoms with Crippen molar-refractivity contribution in [3.8, 4) is 11.1 Å². The molecule has 0 aliphatic heterocycles. The van der Waals surface area contributed by atoms with Gasteiger partial charge in [0.05, 0.1) is 11.5 Å². The van der Waals surface area contributed by atoms with E-state index in [1.165, 1.54) is 4.68 Å². The van der Waals surface area contributed by atoms with Gasteiger partial charge >= 0.3 is 5.69 Å². The van der Waals surface area contributed by atoms with E-state index in [4.69, 9.17) is 0 Å². The number of nitrogens with zero attached hydrogens (tertiary/aromatic N) is 3. The molecular formula is C20H20N4O3. The molecule has 1 heterocycles. The minimum atomic E-state index is -0.442. The van der Waals surface area contributed by atoms with Crippen molar-refractivity contribution in [2.24, 2.45) is 0 Å². The van der Waals surface area contributed by atoms with Gasteiger partial charge in [-0.3, -0.25) is 19.6 Å². The van der Waals surface area contributed by atoms with Gasteiger partial charge in [-0.15, -0.1) is 0 Å². The lowest BCUT2D eigenvalue weighted by atomic mass is 10.1. The zero-order chi connectivity index (χ0) is 19.4. The molecule has 1 N–H and O–H groups in total. The van der Waals surface area contributed by atoms with Crippen LogP contribution in [0, 0.1) is 24.0 Å². The summed E-state index contributed by atoms with van der Waals surface area (Å²) in [5.74, 6) is -0.169.